The van der Waals surface area contributed by atoms with E-state index in [0.717, 1.165) is 41.3 Å². The zero-order valence-electron chi connectivity index (χ0n) is 21.1. The summed E-state index contributed by atoms with van der Waals surface area (Å²) in [6.45, 7) is 8.87. The van der Waals surface area contributed by atoms with E-state index in [0.29, 0.717) is 19.4 Å². The van der Waals surface area contributed by atoms with Crippen molar-refractivity contribution < 1.29 is 9.59 Å². The number of nitrogens with zero attached hydrogens (tertiary/aromatic N) is 1. The SMILES string of the molecule is C[C@@H](C(=O)NC1CCCCC1)N(Cc1cccc(Br)c1)C(=O)CCc1ccc(C(C)(C)C)cc1. The topological polar surface area (TPSA) is 49.4 Å². The van der Waals surface area contributed by atoms with Crippen molar-refractivity contribution in [3.8, 4) is 0 Å². The van der Waals surface area contributed by atoms with Crippen LogP contribution in [0.15, 0.2) is 53.0 Å². The summed E-state index contributed by atoms with van der Waals surface area (Å²) in [6, 6.07) is 16.2. The van der Waals surface area contributed by atoms with E-state index >= 15 is 0 Å². The third kappa shape index (κ3) is 7.69. The molecule has 0 aromatic heterocycles. The quantitative estimate of drug-likeness (QED) is 0.424. The number of amides is 2. The van der Waals surface area contributed by atoms with Crippen molar-refractivity contribution >= 4 is 27.7 Å². The normalized spacial score (nSPS) is 15.6. The van der Waals surface area contributed by atoms with Gasteiger partial charge in [-0.2, -0.15) is 0 Å². The number of halogens is 1. The van der Waals surface area contributed by atoms with Crippen LogP contribution in [0.25, 0.3) is 0 Å². The highest BCUT2D eigenvalue weighted by Gasteiger charge is 2.28. The van der Waals surface area contributed by atoms with Gasteiger partial charge in [0.05, 0.1) is 0 Å². The monoisotopic (exact) mass is 526 g/mol. The maximum absolute atomic E-state index is 13.4. The third-order valence-corrected chi connectivity index (χ3v) is 7.30. The summed E-state index contributed by atoms with van der Waals surface area (Å²) in [5.74, 6) is -0.0454. The lowest BCUT2D eigenvalue weighted by molar-refractivity contribution is -0.141. The lowest BCUT2D eigenvalue weighted by atomic mass is 9.86. The maximum Gasteiger partial charge on any atom is 0.242 e. The zero-order chi connectivity index (χ0) is 24.7. The van der Waals surface area contributed by atoms with Crippen molar-refractivity contribution in [1.29, 1.82) is 0 Å². The second-order valence-electron chi connectivity index (χ2n) is 10.6. The lowest BCUT2D eigenvalue weighted by Crippen LogP contribution is -2.50. The summed E-state index contributed by atoms with van der Waals surface area (Å²) in [6.07, 6.45) is 6.67. The van der Waals surface area contributed by atoms with E-state index < -0.39 is 6.04 Å². The number of rotatable bonds is 8. The minimum Gasteiger partial charge on any atom is -0.352 e. The molecule has 0 saturated heterocycles. The molecule has 1 aliphatic carbocycles. The number of benzene rings is 2. The molecule has 2 aromatic rings. The van der Waals surface area contributed by atoms with Crippen molar-refractivity contribution in [2.45, 2.75) is 96.7 Å². The molecule has 1 saturated carbocycles. The molecule has 1 aliphatic rings. The standard InChI is InChI=1S/C29H39BrN2O2/c1-21(28(34)31-26-11-6-5-7-12-26)32(20-23-9-8-10-25(30)19-23)27(33)18-15-22-13-16-24(17-14-22)29(2,3)4/h8-10,13-14,16-17,19,21,26H,5-7,11-12,15,18,20H2,1-4H3,(H,31,34)/t21-/m0/s1. The Kier molecular flexibility index (Phi) is 9.35. The van der Waals surface area contributed by atoms with Crippen molar-refractivity contribution in [2.75, 3.05) is 0 Å². The Labute approximate surface area is 213 Å². The highest BCUT2D eigenvalue weighted by Crippen LogP contribution is 2.23. The van der Waals surface area contributed by atoms with Crippen LogP contribution in [0.5, 0.6) is 0 Å². The van der Waals surface area contributed by atoms with Crippen molar-refractivity contribution in [1.82, 2.24) is 10.2 Å². The summed E-state index contributed by atoms with van der Waals surface area (Å²) in [4.78, 5) is 28.2. The molecule has 0 bridgehead atoms. The Morgan fingerprint density at radius 1 is 1.03 bits per heavy atom. The van der Waals surface area contributed by atoms with Gasteiger partial charge in [0.1, 0.15) is 6.04 Å². The van der Waals surface area contributed by atoms with Gasteiger partial charge in [0.25, 0.3) is 0 Å². The first-order valence-electron chi connectivity index (χ1n) is 12.6. The van der Waals surface area contributed by atoms with E-state index in [1.165, 1.54) is 12.0 Å². The van der Waals surface area contributed by atoms with Gasteiger partial charge in [-0.05, 0) is 60.4 Å². The molecule has 3 rings (SSSR count). The van der Waals surface area contributed by atoms with Gasteiger partial charge in [-0.25, -0.2) is 0 Å². The number of carbonyl (C=O) groups is 2. The van der Waals surface area contributed by atoms with Gasteiger partial charge in [-0.15, -0.1) is 0 Å². The molecule has 0 radical (unpaired) electrons. The number of carbonyl (C=O) groups excluding carboxylic acids is 2. The maximum atomic E-state index is 13.4. The van der Waals surface area contributed by atoms with Gasteiger partial charge >= 0.3 is 0 Å². The zero-order valence-corrected chi connectivity index (χ0v) is 22.7. The number of hydrogen-bond acceptors (Lipinski definition) is 2. The Morgan fingerprint density at radius 3 is 2.32 bits per heavy atom. The summed E-state index contributed by atoms with van der Waals surface area (Å²) >= 11 is 3.52. The average Bonchev–Trinajstić information content (AvgIpc) is 2.81. The molecular formula is C29H39BrN2O2. The first-order chi connectivity index (χ1) is 16.1. The minimum absolute atomic E-state index is 0.00571. The Hall–Kier alpha value is -2.14. The molecule has 2 aromatic carbocycles. The molecule has 2 amide bonds. The van der Waals surface area contributed by atoms with Gasteiger partial charge in [0.15, 0.2) is 0 Å². The lowest BCUT2D eigenvalue weighted by Gasteiger charge is -2.31. The van der Waals surface area contributed by atoms with E-state index in [9.17, 15) is 9.59 Å². The molecule has 0 spiro atoms. The summed E-state index contributed by atoms with van der Waals surface area (Å²) in [7, 11) is 0. The molecule has 1 atom stereocenters. The fourth-order valence-corrected chi connectivity index (χ4v) is 5.00. The van der Waals surface area contributed by atoms with Crippen LogP contribution in [-0.2, 0) is 28.0 Å². The molecular weight excluding hydrogens is 488 g/mol. The highest BCUT2D eigenvalue weighted by molar-refractivity contribution is 9.10. The molecule has 0 unspecified atom stereocenters. The van der Waals surface area contributed by atoms with E-state index in [2.05, 4.69) is 66.3 Å². The van der Waals surface area contributed by atoms with E-state index in [1.807, 2.05) is 31.2 Å². The first kappa shape index (κ1) is 26.5. The molecule has 0 aliphatic heterocycles. The molecule has 34 heavy (non-hydrogen) atoms. The van der Waals surface area contributed by atoms with Crippen LogP contribution < -0.4 is 5.32 Å². The van der Waals surface area contributed by atoms with Crippen LogP contribution in [0, 0.1) is 0 Å². The fourth-order valence-electron chi connectivity index (χ4n) is 4.55. The van der Waals surface area contributed by atoms with E-state index in [-0.39, 0.29) is 23.3 Å². The molecule has 1 fully saturated rings. The van der Waals surface area contributed by atoms with Crippen molar-refractivity contribution in [2.24, 2.45) is 0 Å². The Morgan fingerprint density at radius 2 is 1.71 bits per heavy atom. The molecule has 1 N–H and O–H groups in total. The number of hydrogen-bond donors (Lipinski definition) is 1. The van der Waals surface area contributed by atoms with Crippen LogP contribution in [-0.4, -0.2) is 28.8 Å². The molecule has 184 valence electrons. The van der Waals surface area contributed by atoms with Crippen LogP contribution in [0.3, 0.4) is 0 Å². The molecule has 4 nitrogen and oxygen atoms in total. The van der Waals surface area contributed by atoms with Crippen LogP contribution >= 0.6 is 15.9 Å². The predicted molar refractivity (Wildman–Crippen MR) is 143 cm³/mol. The third-order valence-electron chi connectivity index (χ3n) is 6.81. The molecule has 0 heterocycles. The highest BCUT2D eigenvalue weighted by atomic mass is 79.9. The predicted octanol–water partition coefficient (Wildman–Crippen LogP) is 6.55. The minimum atomic E-state index is -0.517. The largest absolute Gasteiger partial charge is 0.352 e. The summed E-state index contributed by atoms with van der Waals surface area (Å²) < 4.78 is 0.968. The van der Waals surface area contributed by atoms with Crippen LogP contribution in [0.1, 0.15) is 82.9 Å². The first-order valence-corrected chi connectivity index (χ1v) is 13.4. The van der Waals surface area contributed by atoms with E-state index in [4.69, 9.17) is 0 Å². The second kappa shape index (κ2) is 12.0. The smallest absolute Gasteiger partial charge is 0.242 e. The van der Waals surface area contributed by atoms with Gasteiger partial charge in [-0.3, -0.25) is 9.59 Å². The average molecular weight is 528 g/mol. The van der Waals surface area contributed by atoms with Gasteiger partial charge in [0, 0.05) is 23.5 Å². The van der Waals surface area contributed by atoms with Gasteiger partial charge < -0.3 is 10.2 Å². The fraction of sp³-hybridized carbons (Fsp3) is 0.517. The number of nitrogens with one attached hydrogen (secondary N) is 1. The second-order valence-corrected chi connectivity index (χ2v) is 11.5. The van der Waals surface area contributed by atoms with Gasteiger partial charge in [0.2, 0.25) is 11.8 Å². The number of aryl methyl sites for hydroxylation is 1. The van der Waals surface area contributed by atoms with Gasteiger partial charge in [-0.1, -0.05) is 92.4 Å². The Bertz CT molecular complexity index is 959. The summed E-state index contributed by atoms with van der Waals surface area (Å²) in [5.41, 5.74) is 3.54. The summed E-state index contributed by atoms with van der Waals surface area (Å²) in [5, 5.41) is 3.20. The van der Waals surface area contributed by atoms with Crippen molar-refractivity contribution in [3.05, 3.63) is 69.7 Å². The van der Waals surface area contributed by atoms with Crippen molar-refractivity contribution in [3.63, 3.8) is 0 Å². The molecule has 5 heteroatoms. The van der Waals surface area contributed by atoms with E-state index in [1.54, 1.807) is 4.90 Å². The Balaban J connectivity index is 1.69. The van der Waals surface area contributed by atoms with Crippen LogP contribution in [0.4, 0.5) is 0 Å². The van der Waals surface area contributed by atoms with Crippen LogP contribution in [0.2, 0.25) is 0 Å².